The molecule has 0 spiro atoms. The van der Waals surface area contributed by atoms with Gasteiger partial charge in [0.25, 0.3) is 5.69 Å². The van der Waals surface area contributed by atoms with E-state index >= 15 is 0 Å². The summed E-state index contributed by atoms with van der Waals surface area (Å²) in [6.45, 7) is 0. The van der Waals surface area contributed by atoms with Crippen LogP contribution in [0.2, 0.25) is 0 Å². The minimum atomic E-state index is -0.412. The van der Waals surface area contributed by atoms with Crippen molar-refractivity contribution in [2.75, 3.05) is 12.4 Å². The van der Waals surface area contributed by atoms with E-state index in [9.17, 15) is 10.1 Å². The van der Waals surface area contributed by atoms with Crippen molar-refractivity contribution in [2.45, 2.75) is 6.04 Å². The molecule has 0 amide bonds. The van der Waals surface area contributed by atoms with E-state index < -0.39 is 4.92 Å². The number of benzene rings is 2. The molecule has 4 rings (SSSR count). The molecule has 0 bridgehead atoms. The van der Waals surface area contributed by atoms with E-state index in [0.717, 1.165) is 17.1 Å². The first kappa shape index (κ1) is 18.4. The third-order valence-electron chi connectivity index (χ3n) is 4.74. The normalized spacial score (nSPS) is 11.9. The quantitative estimate of drug-likeness (QED) is 0.394. The lowest BCUT2D eigenvalue weighted by Crippen LogP contribution is -2.18. The minimum absolute atomic E-state index is 0.0416. The zero-order chi connectivity index (χ0) is 20.4. The molecule has 0 saturated carbocycles. The number of imidazole rings is 1. The van der Waals surface area contributed by atoms with Gasteiger partial charge in [0.1, 0.15) is 23.4 Å². The topological polar surface area (TPSA) is 95.1 Å². The first-order chi connectivity index (χ1) is 14.1. The molecule has 2 heterocycles. The summed E-state index contributed by atoms with van der Waals surface area (Å²) in [7, 11) is 3.56. The maximum absolute atomic E-state index is 11.0. The molecule has 0 aliphatic heterocycles. The number of methoxy groups -OCH3 is 1. The Kier molecular flexibility index (Phi) is 4.82. The smallest absolute Gasteiger partial charge is 0.270 e. The number of pyridine rings is 1. The maximum Gasteiger partial charge on any atom is 0.270 e. The Hall–Kier alpha value is -3.94. The summed E-state index contributed by atoms with van der Waals surface area (Å²) >= 11 is 0. The van der Waals surface area contributed by atoms with Crippen LogP contribution in [0.4, 0.5) is 11.5 Å². The van der Waals surface area contributed by atoms with E-state index in [1.54, 1.807) is 25.4 Å². The zero-order valence-corrected chi connectivity index (χ0v) is 15.9. The van der Waals surface area contributed by atoms with E-state index in [1.165, 1.54) is 12.1 Å². The summed E-state index contributed by atoms with van der Waals surface area (Å²) in [4.78, 5) is 19.7. The van der Waals surface area contributed by atoms with Gasteiger partial charge in [-0.05, 0) is 24.3 Å². The summed E-state index contributed by atoms with van der Waals surface area (Å²) in [5, 5.41) is 15.1. The third kappa shape index (κ3) is 3.60. The number of para-hydroxylation sites is 1. The highest BCUT2D eigenvalue weighted by Gasteiger charge is 2.22. The molecular weight excluding hydrogens is 370 g/mol. The highest BCUT2D eigenvalue weighted by Crippen LogP contribution is 2.32. The second-order valence-corrected chi connectivity index (χ2v) is 6.55. The van der Waals surface area contributed by atoms with Crippen LogP contribution in [0.3, 0.4) is 0 Å². The van der Waals surface area contributed by atoms with Crippen LogP contribution in [-0.2, 0) is 7.05 Å². The lowest BCUT2D eigenvalue weighted by atomic mass is 10.0. The molecule has 0 aliphatic rings. The fraction of sp³-hybridized carbons (Fsp3) is 0.143. The van der Waals surface area contributed by atoms with Crippen molar-refractivity contribution in [3.63, 3.8) is 0 Å². The van der Waals surface area contributed by atoms with Gasteiger partial charge in [0.15, 0.2) is 0 Å². The van der Waals surface area contributed by atoms with Crippen LogP contribution in [0, 0.1) is 10.1 Å². The Balaban J connectivity index is 1.75. The Morgan fingerprint density at radius 3 is 2.72 bits per heavy atom. The molecule has 146 valence electrons. The zero-order valence-electron chi connectivity index (χ0n) is 15.9. The average molecular weight is 389 g/mol. The fourth-order valence-electron chi connectivity index (χ4n) is 3.30. The highest BCUT2D eigenvalue weighted by atomic mass is 16.6. The second-order valence-electron chi connectivity index (χ2n) is 6.55. The number of anilines is 1. The number of ether oxygens (including phenoxy) is 1. The molecule has 8 heteroatoms. The number of rotatable bonds is 6. The van der Waals surface area contributed by atoms with Gasteiger partial charge < -0.3 is 14.6 Å². The molecule has 8 nitrogen and oxygen atoms in total. The molecule has 1 atom stereocenters. The van der Waals surface area contributed by atoms with Crippen LogP contribution in [0.5, 0.6) is 5.75 Å². The number of nitrogens with zero attached hydrogens (tertiary/aromatic N) is 4. The Bertz CT molecular complexity index is 1190. The average Bonchev–Trinajstić information content (AvgIpc) is 3.17. The first-order valence-corrected chi connectivity index (χ1v) is 8.98. The van der Waals surface area contributed by atoms with Crippen molar-refractivity contribution in [1.82, 2.24) is 14.5 Å². The number of aromatic nitrogens is 3. The minimum Gasteiger partial charge on any atom is -0.496 e. The van der Waals surface area contributed by atoms with E-state index in [0.29, 0.717) is 16.7 Å². The molecule has 1 N–H and O–H groups in total. The number of nitro benzene ring substituents is 1. The largest absolute Gasteiger partial charge is 0.496 e. The van der Waals surface area contributed by atoms with Gasteiger partial charge in [0, 0.05) is 42.5 Å². The summed E-state index contributed by atoms with van der Waals surface area (Å²) in [6, 6.07) is 15.7. The van der Waals surface area contributed by atoms with Gasteiger partial charge in [0.05, 0.1) is 17.5 Å². The second kappa shape index (κ2) is 7.59. The SMILES string of the molecule is COc1ccccc1C(Nc1ccc2cc([N+](=O)[O-])ccc2n1)c1nccn1C. The lowest BCUT2D eigenvalue weighted by molar-refractivity contribution is -0.384. The van der Waals surface area contributed by atoms with Crippen LogP contribution < -0.4 is 10.1 Å². The van der Waals surface area contributed by atoms with Crippen LogP contribution in [-0.4, -0.2) is 26.6 Å². The number of nitro groups is 1. The molecule has 2 aromatic carbocycles. The monoisotopic (exact) mass is 389 g/mol. The number of fused-ring (bicyclic) bond motifs is 1. The van der Waals surface area contributed by atoms with Crippen molar-refractivity contribution < 1.29 is 9.66 Å². The summed E-state index contributed by atoms with van der Waals surface area (Å²) in [6.07, 6.45) is 3.62. The predicted octanol–water partition coefficient (Wildman–Crippen LogP) is 4.09. The van der Waals surface area contributed by atoms with Gasteiger partial charge in [-0.1, -0.05) is 18.2 Å². The molecule has 0 saturated heterocycles. The van der Waals surface area contributed by atoms with E-state index in [4.69, 9.17) is 4.74 Å². The molecule has 4 aromatic rings. The maximum atomic E-state index is 11.0. The summed E-state index contributed by atoms with van der Waals surface area (Å²) < 4.78 is 7.49. The Morgan fingerprint density at radius 1 is 1.17 bits per heavy atom. The number of nitrogens with one attached hydrogen (secondary N) is 1. The van der Waals surface area contributed by atoms with Crippen LogP contribution in [0.15, 0.2) is 67.0 Å². The predicted molar refractivity (Wildman–Crippen MR) is 110 cm³/mol. The van der Waals surface area contributed by atoms with Gasteiger partial charge in [-0.25, -0.2) is 9.97 Å². The van der Waals surface area contributed by atoms with Gasteiger partial charge in [0.2, 0.25) is 0 Å². The lowest BCUT2D eigenvalue weighted by Gasteiger charge is -2.22. The van der Waals surface area contributed by atoms with Crippen molar-refractivity contribution in [3.8, 4) is 5.75 Å². The van der Waals surface area contributed by atoms with Crippen LogP contribution >= 0.6 is 0 Å². The molecule has 0 fully saturated rings. The van der Waals surface area contributed by atoms with Crippen LogP contribution in [0.25, 0.3) is 10.9 Å². The van der Waals surface area contributed by atoms with Gasteiger partial charge in [-0.3, -0.25) is 10.1 Å². The standard InChI is InChI=1S/C21H19N5O3/c1-25-12-11-22-21(25)20(16-5-3-4-6-18(16)29-2)24-19-10-7-14-13-15(26(27)28)8-9-17(14)23-19/h3-13,20H,1-2H3,(H,23,24). The number of non-ortho nitro benzene ring substituents is 1. The molecule has 1 unspecified atom stereocenters. The van der Waals surface area contributed by atoms with E-state index in [2.05, 4.69) is 15.3 Å². The van der Waals surface area contributed by atoms with Gasteiger partial charge in [-0.15, -0.1) is 0 Å². The number of aryl methyl sites for hydroxylation is 1. The van der Waals surface area contributed by atoms with Crippen molar-refractivity contribution >= 4 is 22.4 Å². The molecule has 29 heavy (non-hydrogen) atoms. The van der Waals surface area contributed by atoms with Crippen molar-refractivity contribution in [2.24, 2.45) is 7.05 Å². The number of hydrogen-bond donors (Lipinski definition) is 1. The van der Waals surface area contributed by atoms with Crippen molar-refractivity contribution in [3.05, 3.63) is 88.5 Å². The molecule has 0 aliphatic carbocycles. The summed E-state index contributed by atoms with van der Waals surface area (Å²) in [5.41, 5.74) is 1.63. The fourth-order valence-corrected chi connectivity index (χ4v) is 3.30. The van der Waals surface area contributed by atoms with Gasteiger partial charge in [-0.2, -0.15) is 0 Å². The Labute approximate surface area is 166 Å². The van der Waals surface area contributed by atoms with E-state index in [1.807, 2.05) is 48.1 Å². The molecule has 2 aromatic heterocycles. The molecule has 0 radical (unpaired) electrons. The summed E-state index contributed by atoms with van der Waals surface area (Å²) in [5.74, 6) is 2.18. The third-order valence-corrected chi connectivity index (χ3v) is 4.74. The van der Waals surface area contributed by atoms with Gasteiger partial charge >= 0.3 is 0 Å². The molecular formula is C21H19N5O3. The van der Waals surface area contributed by atoms with Crippen LogP contribution in [0.1, 0.15) is 17.4 Å². The Morgan fingerprint density at radius 2 is 2.00 bits per heavy atom. The number of hydrogen-bond acceptors (Lipinski definition) is 6. The first-order valence-electron chi connectivity index (χ1n) is 8.98. The highest BCUT2D eigenvalue weighted by molar-refractivity contribution is 5.82. The van der Waals surface area contributed by atoms with E-state index in [-0.39, 0.29) is 11.7 Å². The van der Waals surface area contributed by atoms with Crippen molar-refractivity contribution in [1.29, 1.82) is 0 Å².